The Morgan fingerprint density at radius 2 is 2.36 bits per heavy atom. The first kappa shape index (κ1) is 9.45. The number of carbonyl (C=O) groups excluding carboxylic acids is 1. The standard InChI is InChI=1S/C9H10BrN3O/c10-8-3-6(11)7(4-12-8)13-9(14)5-1-2-5/h3-5H,1-2H2,(H2,11,12)(H,13,14). The van der Waals surface area contributed by atoms with Crippen molar-refractivity contribution in [1.29, 1.82) is 0 Å². The first-order valence-electron chi connectivity index (χ1n) is 4.38. The van der Waals surface area contributed by atoms with E-state index in [9.17, 15) is 4.79 Å². The Morgan fingerprint density at radius 1 is 1.64 bits per heavy atom. The highest BCUT2D eigenvalue weighted by Gasteiger charge is 2.29. The minimum Gasteiger partial charge on any atom is -0.397 e. The highest BCUT2D eigenvalue weighted by molar-refractivity contribution is 9.10. The summed E-state index contributed by atoms with van der Waals surface area (Å²) >= 11 is 3.20. The van der Waals surface area contributed by atoms with Crippen LogP contribution in [0.15, 0.2) is 16.9 Å². The van der Waals surface area contributed by atoms with Gasteiger partial charge in [0.1, 0.15) is 4.60 Å². The number of nitrogen functional groups attached to an aromatic ring is 1. The maximum absolute atomic E-state index is 11.4. The lowest BCUT2D eigenvalue weighted by Crippen LogP contribution is -2.14. The van der Waals surface area contributed by atoms with E-state index in [1.165, 1.54) is 0 Å². The van der Waals surface area contributed by atoms with Crippen LogP contribution in [0.2, 0.25) is 0 Å². The minimum atomic E-state index is 0.0424. The molecule has 1 fully saturated rings. The van der Waals surface area contributed by atoms with Gasteiger partial charge >= 0.3 is 0 Å². The average Bonchev–Trinajstić information content (AvgIpc) is 2.92. The number of pyridine rings is 1. The van der Waals surface area contributed by atoms with Crippen molar-refractivity contribution in [2.75, 3.05) is 11.1 Å². The van der Waals surface area contributed by atoms with Gasteiger partial charge in [0.15, 0.2) is 0 Å². The maximum atomic E-state index is 11.4. The third-order valence-corrected chi connectivity index (χ3v) is 2.54. The van der Waals surface area contributed by atoms with Gasteiger partial charge in [-0.15, -0.1) is 0 Å². The molecule has 1 aromatic heterocycles. The normalized spacial score (nSPS) is 15.2. The zero-order valence-corrected chi connectivity index (χ0v) is 9.04. The minimum absolute atomic E-state index is 0.0424. The fraction of sp³-hybridized carbons (Fsp3) is 0.333. The molecule has 2 rings (SSSR count). The van der Waals surface area contributed by atoms with E-state index in [4.69, 9.17) is 5.73 Å². The van der Waals surface area contributed by atoms with E-state index >= 15 is 0 Å². The Morgan fingerprint density at radius 3 is 2.93 bits per heavy atom. The number of hydrogen-bond acceptors (Lipinski definition) is 3. The number of nitrogens with zero attached hydrogens (tertiary/aromatic N) is 1. The fourth-order valence-corrected chi connectivity index (χ4v) is 1.48. The molecule has 1 heterocycles. The quantitative estimate of drug-likeness (QED) is 0.792. The van der Waals surface area contributed by atoms with Crippen LogP contribution in [0.3, 0.4) is 0 Å². The summed E-state index contributed by atoms with van der Waals surface area (Å²) in [5, 5.41) is 2.75. The lowest BCUT2D eigenvalue weighted by molar-refractivity contribution is -0.117. The zero-order valence-electron chi connectivity index (χ0n) is 7.46. The van der Waals surface area contributed by atoms with E-state index in [1.807, 2.05) is 0 Å². The monoisotopic (exact) mass is 255 g/mol. The van der Waals surface area contributed by atoms with E-state index in [-0.39, 0.29) is 11.8 Å². The molecule has 3 N–H and O–H groups in total. The Balaban J connectivity index is 2.11. The number of halogens is 1. The largest absolute Gasteiger partial charge is 0.397 e. The van der Waals surface area contributed by atoms with Crippen molar-refractivity contribution < 1.29 is 4.79 Å². The van der Waals surface area contributed by atoms with Crippen LogP contribution in [0.25, 0.3) is 0 Å². The molecule has 0 saturated heterocycles. The number of carbonyl (C=O) groups is 1. The second-order valence-corrected chi connectivity index (χ2v) is 4.17. The molecule has 1 amide bonds. The predicted octanol–water partition coefficient (Wildman–Crippen LogP) is 1.77. The van der Waals surface area contributed by atoms with E-state index in [0.29, 0.717) is 16.0 Å². The SMILES string of the molecule is Nc1cc(Br)ncc1NC(=O)C1CC1. The van der Waals surface area contributed by atoms with Gasteiger partial charge in [-0.3, -0.25) is 4.79 Å². The molecule has 14 heavy (non-hydrogen) atoms. The summed E-state index contributed by atoms with van der Waals surface area (Å²) in [6.45, 7) is 0. The van der Waals surface area contributed by atoms with E-state index in [2.05, 4.69) is 26.2 Å². The number of nitrogens with one attached hydrogen (secondary N) is 1. The van der Waals surface area contributed by atoms with Gasteiger partial charge in [0, 0.05) is 5.92 Å². The highest BCUT2D eigenvalue weighted by atomic mass is 79.9. The number of hydrogen-bond donors (Lipinski definition) is 2. The summed E-state index contributed by atoms with van der Waals surface area (Å²) < 4.78 is 0.666. The van der Waals surface area contributed by atoms with E-state index < -0.39 is 0 Å². The van der Waals surface area contributed by atoms with Gasteiger partial charge in [-0.2, -0.15) is 0 Å². The van der Waals surface area contributed by atoms with E-state index in [1.54, 1.807) is 12.3 Å². The zero-order chi connectivity index (χ0) is 10.1. The summed E-state index contributed by atoms with van der Waals surface area (Å²) in [7, 11) is 0. The number of rotatable bonds is 2. The summed E-state index contributed by atoms with van der Waals surface area (Å²) in [6, 6.07) is 1.67. The smallest absolute Gasteiger partial charge is 0.227 e. The Bertz CT molecular complexity index is 376. The van der Waals surface area contributed by atoms with Crippen LogP contribution in [0, 0.1) is 5.92 Å². The first-order chi connectivity index (χ1) is 6.66. The molecular weight excluding hydrogens is 246 g/mol. The Labute approximate surface area is 90.0 Å². The molecule has 1 aliphatic rings. The van der Waals surface area contributed by atoms with Gasteiger partial charge in [-0.25, -0.2) is 4.98 Å². The number of aromatic nitrogens is 1. The van der Waals surface area contributed by atoms with Crippen LogP contribution in [-0.2, 0) is 4.79 Å². The van der Waals surface area contributed by atoms with Gasteiger partial charge in [0.2, 0.25) is 5.91 Å². The van der Waals surface area contributed by atoms with Crippen molar-refractivity contribution in [3.8, 4) is 0 Å². The molecule has 74 valence electrons. The summed E-state index contributed by atoms with van der Waals surface area (Å²) in [6.07, 6.45) is 3.52. The van der Waals surface area contributed by atoms with Gasteiger partial charge < -0.3 is 11.1 Å². The third kappa shape index (κ3) is 2.04. The molecule has 0 unspecified atom stereocenters. The predicted molar refractivity (Wildman–Crippen MR) is 57.7 cm³/mol. The van der Waals surface area contributed by atoms with Crippen LogP contribution >= 0.6 is 15.9 Å². The molecule has 0 spiro atoms. The van der Waals surface area contributed by atoms with Crippen LogP contribution in [0.4, 0.5) is 11.4 Å². The second-order valence-electron chi connectivity index (χ2n) is 3.36. The van der Waals surface area contributed by atoms with Gasteiger partial charge in [-0.05, 0) is 34.8 Å². The molecule has 0 aromatic carbocycles. The molecular formula is C9H10BrN3O. The van der Waals surface area contributed by atoms with Crippen molar-refractivity contribution in [3.63, 3.8) is 0 Å². The van der Waals surface area contributed by atoms with Crippen LogP contribution < -0.4 is 11.1 Å². The number of amides is 1. The lowest BCUT2D eigenvalue weighted by Gasteiger charge is -2.06. The second kappa shape index (κ2) is 3.57. The summed E-state index contributed by atoms with van der Waals surface area (Å²) in [4.78, 5) is 15.4. The van der Waals surface area contributed by atoms with Crippen molar-refractivity contribution in [3.05, 3.63) is 16.9 Å². The molecule has 0 radical (unpaired) electrons. The Hall–Kier alpha value is -1.10. The molecule has 5 heteroatoms. The maximum Gasteiger partial charge on any atom is 0.227 e. The first-order valence-corrected chi connectivity index (χ1v) is 5.18. The topological polar surface area (TPSA) is 68.0 Å². The molecule has 1 saturated carbocycles. The van der Waals surface area contributed by atoms with Crippen LogP contribution in [-0.4, -0.2) is 10.9 Å². The molecule has 4 nitrogen and oxygen atoms in total. The van der Waals surface area contributed by atoms with Crippen LogP contribution in [0.1, 0.15) is 12.8 Å². The highest BCUT2D eigenvalue weighted by Crippen LogP contribution is 2.31. The number of anilines is 2. The van der Waals surface area contributed by atoms with Crippen molar-refractivity contribution in [2.24, 2.45) is 5.92 Å². The summed E-state index contributed by atoms with van der Waals surface area (Å²) in [5.74, 6) is 0.221. The lowest BCUT2D eigenvalue weighted by atomic mass is 10.3. The molecule has 0 bridgehead atoms. The summed E-state index contributed by atoms with van der Waals surface area (Å²) in [5.41, 5.74) is 6.82. The van der Waals surface area contributed by atoms with E-state index in [0.717, 1.165) is 12.8 Å². The molecule has 0 aliphatic heterocycles. The third-order valence-electron chi connectivity index (χ3n) is 2.11. The van der Waals surface area contributed by atoms with Gasteiger partial charge in [0.05, 0.1) is 17.6 Å². The molecule has 0 atom stereocenters. The van der Waals surface area contributed by atoms with Gasteiger partial charge in [0.25, 0.3) is 0 Å². The van der Waals surface area contributed by atoms with Crippen LogP contribution in [0.5, 0.6) is 0 Å². The number of nitrogens with two attached hydrogens (primary N) is 1. The average molecular weight is 256 g/mol. The van der Waals surface area contributed by atoms with Crippen molar-refractivity contribution >= 4 is 33.2 Å². The van der Waals surface area contributed by atoms with Crippen molar-refractivity contribution in [1.82, 2.24) is 4.98 Å². The fourth-order valence-electron chi connectivity index (χ4n) is 1.13. The molecule has 1 aliphatic carbocycles. The Kier molecular flexibility index (Phi) is 2.41. The van der Waals surface area contributed by atoms with Gasteiger partial charge in [-0.1, -0.05) is 0 Å². The van der Waals surface area contributed by atoms with Crippen molar-refractivity contribution in [2.45, 2.75) is 12.8 Å². The molecule has 1 aromatic rings.